The molecule has 7 heteroatoms. The van der Waals surface area contributed by atoms with E-state index in [4.69, 9.17) is 9.47 Å². The van der Waals surface area contributed by atoms with Crippen molar-refractivity contribution in [2.75, 3.05) is 31.4 Å². The van der Waals surface area contributed by atoms with E-state index in [1.807, 2.05) is 0 Å². The lowest BCUT2D eigenvalue weighted by atomic mass is 9.86. The normalized spacial score (nSPS) is 20.9. The highest BCUT2D eigenvalue weighted by Crippen LogP contribution is 2.32. The molecule has 21 heavy (non-hydrogen) atoms. The van der Waals surface area contributed by atoms with E-state index in [0.29, 0.717) is 23.9 Å². The van der Waals surface area contributed by atoms with Crippen LogP contribution in [-0.4, -0.2) is 47.4 Å². The van der Waals surface area contributed by atoms with Crippen LogP contribution in [0.25, 0.3) is 0 Å². The maximum Gasteiger partial charge on any atom is 0.322 e. The van der Waals surface area contributed by atoms with Crippen molar-refractivity contribution in [2.24, 2.45) is 0 Å². The van der Waals surface area contributed by atoms with Crippen LogP contribution in [0.5, 0.6) is 6.01 Å². The van der Waals surface area contributed by atoms with Crippen molar-refractivity contribution in [1.29, 1.82) is 0 Å². The number of hydrogen-bond acceptors (Lipinski definition) is 7. The largest absolute Gasteiger partial charge is 0.467 e. The maximum atomic E-state index is 5.99. The maximum absolute atomic E-state index is 5.99. The van der Waals surface area contributed by atoms with E-state index in [9.17, 15) is 0 Å². The molecule has 1 aliphatic heterocycles. The van der Waals surface area contributed by atoms with E-state index >= 15 is 0 Å². The number of nitrogens with zero attached hydrogens (tertiary/aromatic N) is 3. The Morgan fingerprint density at radius 1 is 1.24 bits per heavy atom. The summed E-state index contributed by atoms with van der Waals surface area (Å²) in [6, 6.07) is 0.608. The molecule has 0 amide bonds. The molecule has 2 N–H and O–H groups in total. The summed E-state index contributed by atoms with van der Waals surface area (Å²) in [7, 11) is 3.32. The van der Waals surface area contributed by atoms with Gasteiger partial charge in [0.25, 0.3) is 0 Å². The van der Waals surface area contributed by atoms with Gasteiger partial charge in [0.2, 0.25) is 11.9 Å². The lowest BCUT2D eigenvalue weighted by Crippen LogP contribution is -2.43. The molecule has 1 fully saturated rings. The number of aromatic nitrogens is 3. The van der Waals surface area contributed by atoms with Crippen LogP contribution in [0.3, 0.4) is 0 Å². The minimum Gasteiger partial charge on any atom is -0.467 e. The SMILES string of the molecule is CCC1(CC)CC(Nc2nc(NC)nc(OC)n2)CCO1. The molecule has 1 aromatic rings. The first-order chi connectivity index (χ1) is 10.1. The second-order valence-corrected chi connectivity index (χ2v) is 5.29. The van der Waals surface area contributed by atoms with Gasteiger partial charge in [-0.1, -0.05) is 13.8 Å². The van der Waals surface area contributed by atoms with Crippen molar-refractivity contribution >= 4 is 11.9 Å². The van der Waals surface area contributed by atoms with Crippen LogP contribution in [0.4, 0.5) is 11.9 Å². The van der Waals surface area contributed by atoms with Gasteiger partial charge in [0.15, 0.2) is 0 Å². The molecule has 1 unspecified atom stereocenters. The third-order valence-corrected chi connectivity index (χ3v) is 4.14. The van der Waals surface area contributed by atoms with Gasteiger partial charge < -0.3 is 20.1 Å². The minimum atomic E-state index is -0.0289. The molecule has 1 atom stereocenters. The van der Waals surface area contributed by atoms with Crippen LogP contribution >= 0.6 is 0 Å². The Balaban J connectivity index is 2.10. The van der Waals surface area contributed by atoms with E-state index in [1.54, 1.807) is 14.2 Å². The Morgan fingerprint density at radius 3 is 2.57 bits per heavy atom. The van der Waals surface area contributed by atoms with Gasteiger partial charge in [0.1, 0.15) is 0 Å². The fourth-order valence-corrected chi connectivity index (χ4v) is 2.70. The number of hydrogen-bond donors (Lipinski definition) is 2. The van der Waals surface area contributed by atoms with Crippen LogP contribution in [0, 0.1) is 0 Å². The van der Waals surface area contributed by atoms with Crippen LogP contribution in [0.15, 0.2) is 0 Å². The van der Waals surface area contributed by atoms with E-state index in [1.165, 1.54) is 0 Å². The van der Waals surface area contributed by atoms with Gasteiger partial charge in [-0.15, -0.1) is 0 Å². The average Bonchev–Trinajstić information content (AvgIpc) is 2.54. The summed E-state index contributed by atoms with van der Waals surface area (Å²) < 4.78 is 11.1. The third-order valence-electron chi connectivity index (χ3n) is 4.14. The molecule has 1 aromatic heterocycles. The van der Waals surface area contributed by atoms with Gasteiger partial charge in [-0.2, -0.15) is 15.0 Å². The average molecular weight is 295 g/mol. The predicted octanol–water partition coefficient (Wildman–Crippen LogP) is 2.07. The number of nitrogens with one attached hydrogen (secondary N) is 2. The highest BCUT2D eigenvalue weighted by molar-refractivity contribution is 5.36. The molecular formula is C14H25N5O2. The molecule has 1 saturated heterocycles. The molecule has 2 rings (SSSR count). The zero-order valence-electron chi connectivity index (χ0n) is 13.3. The van der Waals surface area contributed by atoms with E-state index in [0.717, 1.165) is 32.3 Å². The molecule has 0 aliphatic carbocycles. The van der Waals surface area contributed by atoms with Crippen molar-refractivity contribution in [3.05, 3.63) is 0 Å². The van der Waals surface area contributed by atoms with Crippen molar-refractivity contribution in [1.82, 2.24) is 15.0 Å². The monoisotopic (exact) mass is 295 g/mol. The van der Waals surface area contributed by atoms with Gasteiger partial charge in [0, 0.05) is 19.7 Å². The first-order valence-electron chi connectivity index (χ1n) is 7.53. The summed E-state index contributed by atoms with van der Waals surface area (Å²) in [4.78, 5) is 12.7. The van der Waals surface area contributed by atoms with Crippen LogP contribution in [0.1, 0.15) is 39.5 Å². The Morgan fingerprint density at radius 2 is 1.95 bits per heavy atom. The van der Waals surface area contributed by atoms with E-state index < -0.39 is 0 Å². The van der Waals surface area contributed by atoms with Crippen LogP contribution < -0.4 is 15.4 Å². The highest BCUT2D eigenvalue weighted by atomic mass is 16.5. The summed E-state index contributed by atoms with van der Waals surface area (Å²) in [6.07, 6.45) is 3.95. The van der Waals surface area contributed by atoms with Gasteiger partial charge in [-0.05, 0) is 25.7 Å². The molecular weight excluding hydrogens is 270 g/mol. The molecule has 0 aromatic carbocycles. The zero-order chi connectivity index (χ0) is 15.3. The predicted molar refractivity (Wildman–Crippen MR) is 81.8 cm³/mol. The molecule has 1 aliphatic rings. The molecule has 118 valence electrons. The lowest BCUT2D eigenvalue weighted by Gasteiger charge is -2.40. The van der Waals surface area contributed by atoms with Gasteiger partial charge >= 0.3 is 6.01 Å². The van der Waals surface area contributed by atoms with Crippen molar-refractivity contribution < 1.29 is 9.47 Å². The lowest BCUT2D eigenvalue weighted by molar-refractivity contribution is -0.0865. The topological polar surface area (TPSA) is 81.2 Å². The van der Waals surface area contributed by atoms with Gasteiger partial charge in [-0.25, -0.2) is 0 Å². The Bertz CT molecular complexity index is 442. The second kappa shape index (κ2) is 6.89. The molecule has 2 heterocycles. The van der Waals surface area contributed by atoms with E-state index in [-0.39, 0.29) is 5.60 Å². The second-order valence-electron chi connectivity index (χ2n) is 5.29. The Labute approximate surface area is 125 Å². The first-order valence-corrected chi connectivity index (χ1v) is 7.53. The van der Waals surface area contributed by atoms with Gasteiger partial charge in [0.05, 0.1) is 12.7 Å². The van der Waals surface area contributed by atoms with E-state index in [2.05, 4.69) is 39.4 Å². The fourth-order valence-electron chi connectivity index (χ4n) is 2.70. The van der Waals surface area contributed by atoms with Crippen molar-refractivity contribution in [3.63, 3.8) is 0 Å². The Hall–Kier alpha value is -1.63. The number of ether oxygens (including phenoxy) is 2. The molecule has 0 saturated carbocycles. The summed E-state index contributed by atoms with van der Waals surface area (Å²) in [5.74, 6) is 1.04. The first kappa shape index (κ1) is 15.8. The summed E-state index contributed by atoms with van der Waals surface area (Å²) in [5.41, 5.74) is -0.0289. The minimum absolute atomic E-state index is 0.0289. The molecule has 0 spiro atoms. The number of anilines is 2. The van der Waals surface area contributed by atoms with Crippen molar-refractivity contribution in [2.45, 2.75) is 51.2 Å². The number of methoxy groups -OCH3 is 1. The molecule has 0 radical (unpaired) electrons. The zero-order valence-corrected chi connectivity index (χ0v) is 13.3. The molecule has 0 bridgehead atoms. The van der Waals surface area contributed by atoms with Crippen LogP contribution in [0.2, 0.25) is 0 Å². The molecule has 7 nitrogen and oxygen atoms in total. The Kier molecular flexibility index (Phi) is 5.17. The third kappa shape index (κ3) is 3.72. The summed E-state index contributed by atoms with van der Waals surface area (Å²) in [6.45, 7) is 5.12. The van der Waals surface area contributed by atoms with Crippen LogP contribution in [-0.2, 0) is 4.74 Å². The standard InChI is InChI=1S/C14H25N5O2/c1-5-14(6-2)9-10(7-8-21-14)16-12-17-11(15-3)18-13(19-12)20-4/h10H,5-9H2,1-4H3,(H2,15,16,17,18,19). The number of rotatable bonds is 6. The highest BCUT2D eigenvalue weighted by Gasteiger charge is 2.34. The van der Waals surface area contributed by atoms with Gasteiger partial charge in [-0.3, -0.25) is 0 Å². The fraction of sp³-hybridized carbons (Fsp3) is 0.786. The smallest absolute Gasteiger partial charge is 0.322 e. The quantitative estimate of drug-likeness (QED) is 0.831. The summed E-state index contributed by atoms with van der Waals surface area (Å²) >= 11 is 0. The van der Waals surface area contributed by atoms with Crippen molar-refractivity contribution in [3.8, 4) is 6.01 Å². The summed E-state index contributed by atoms with van der Waals surface area (Å²) in [5, 5.41) is 6.30.